The molecule has 9 heteroatoms. The van der Waals surface area contributed by atoms with Gasteiger partial charge in [0.1, 0.15) is 0 Å². The van der Waals surface area contributed by atoms with Crippen LogP contribution < -0.4 is 15.7 Å². The molecule has 0 aliphatic heterocycles. The first-order valence-electron chi connectivity index (χ1n) is 9.21. The standard InChI is InChI=1S/C19H23N5O2S2/c1-19(8-9-19)22-28-12-4-6-14-15(10-12)24(18(26)23(14)3)17-21-11-13(27-17)5-7-16(25)20-2/h4,6,10-11,22H,5,7-9H2,1-3H3,(H,20,25). The number of aromatic nitrogens is 3. The van der Waals surface area contributed by atoms with Gasteiger partial charge in [-0.25, -0.2) is 14.3 Å². The molecule has 1 aliphatic rings. The van der Waals surface area contributed by atoms with Gasteiger partial charge in [-0.1, -0.05) is 0 Å². The molecule has 2 aromatic heterocycles. The van der Waals surface area contributed by atoms with E-state index in [0.717, 1.165) is 20.8 Å². The highest BCUT2D eigenvalue weighted by Gasteiger charge is 2.37. The Morgan fingerprint density at radius 2 is 2.14 bits per heavy atom. The van der Waals surface area contributed by atoms with E-state index in [1.165, 1.54) is 24.2 Å². The van der Waals surface area contributed by atoms with Crippen LogP contribution in [0.3, 0.4) is 0 Å². The third-order valence-corrected chi connectivity index (χ3v) is 7.18. The summed E-state index contributed by atoms with van der Waals surface area (Å²) in [7, 11) is 3.40. The van der Waals surface area contributed by atoms with Gasteiger partial charge >= 0.3 is 5.69 Å². The van der Waals surface area contributed by atoms with E-state index in [1.54, 1.807) is 41.4 Å². The van der Waals surface area contributed by atoms with Crippen LogP contribution in [0.15, 0.2) is 34.1 Å². The first-order valence-corrected chi connectivity index (χ1v) is 10.8. The lowest BCUT2D eigenvalue weighted by Gasteiger charge is -2.10. The van der Waals surface area contributed by atoms with Gasteiger partial charge in [-0.3, -0.25) is 14.1 Å². The van der Waals surface area contributed by atoms with Crippen LogP contribution in [0.1, 0.15) is 31.1 Å². The van der Waals surface area contributed by atoms with E-state index in [2.05, 4.69) is 21.9 Å². The average molecular weight is 418 g/mol. The Morgan fingerprint density at radius 1 is 1.36 bits per heavy atom. The number of aryl methyl sites for hydroxylation is 2. The normalized spacial score (nSPS) is 15.1. The van der Waals surface area contributed by atoms with Gasteiger partial charge in [0, 0.05) is 42.0 Å². The van der Waals surface area contributed by atoms with E-state index in [4.69, 9.17) is 0 Å². The summed E-state index contributed by atoms with van der Waals surface area (Å²) in [4.78, 5) is 30.8. The van der Waals surface area contributed by atoms with E-state index in [9.17, 15) is 9.59 Å². The molecular weight excluding hydrogens is 394 g/mol. The lowest BCUT2D eigenvalue weighted by Crippen LogP contribution is -2.20. The molecule has 2 N–H and O–H groups in total. The lowest BCUT2D eigenvalue weighted by molar-refractivity contribution is -0.120. The number of thiazole rings is 1. The zero-order valence-corrected chi connectivity index (χ0v) is 17.7. The number of rotatable bonds is 7. The van der Waals surface area contributed by atoms with Crippen molar-refractivity contribution in [2.45, 2.75) is 43.0 Å². The van der Waals surface area contributed by atoms with E-state index in [0.29, 0.717) is 18.0 Å². The zero-order valence-electron chi connectivity index (χ0n) is 16.1. The summed E-state index contributed by atoms with van der Waals surface area (Å²) < 4.78 is 6.81. The molecule has 28 heavy (non-hydrogen) atoms. The van der Waals surface area contributed by atoms with E-state index in [1.807, 2.05) is 18.2 Å². The average Bonchev–Trinajstić information content (AvgIpc) is 3.16. The van der Waals surface area contributed by atoms with E-state index >= 15 is 0 Å². The summed E-state index contributed by atoms with van der Waals surface area (Å²) in [5.41, 5.74) is 1.82. The summed E-state index contributed by atoms with van der Waals surface area (Å²) in [6.07, 6.45) is 5.16. The number of nitrogens with one attached hydrogen (secondary N) is 2. The molecule has 4 rings (SSSR count). The largest absolute Gasteiger partial charge is 0.359 e. The molecule has 0 saturated heterocycles. The summed E-state index contributed by atoms with van der Waals surface area (Å²) in [5, 5.41) is 3.25. The molecule has 1 aromatic carbocycles. The molecule has 0 radical (unpaired) electrons. The van der Waals surface area contributed by atoms with Crippen molar-refractivity contribution in [2.24, 2.45) is 7.05 Å². The topological polar surface area (TPSA) is 81.0 Å². The van der Waals surface area contributed by atoms with Crippen molar-refractivity contribution in [3.8, 4) is 5.13 Å². The molecule has 0 bridgehead atoms. The third-order valence-electron chi connectivity index (χ3n) is 5.05. The molecule has 1 fully saturated rings. The molecule has 3 aromatic rings. The van der Waals surface area contributed by atoms with Gasteiger partial charge in [0.05, 0.1) is 11.0 Å². The molecule has 0 spiro atoms. The van der Waals surface area contributed by atoms with Gasteiger partial charge in [0.25, 0.3) is 0 Å². The molecule has 1 aliphatic carbocycles. The van der Waals surface area contributed by atoms with Gasteiger partial charge in [0.15, 0.2) is 5.13 Å². The predicted octanol–water partition coefficient (Wildman–Crippen LogP) is 2.61. The van der Waals surface area contributed by atoms with Gasteiger partial charge < -0.3 is 5.32 Å². The molecule has 7 nitrogen and oxygen atoms in total. The number of imidazole rings is 1. The van der Waals surface area contributed by atoms with Crippen molar-refractivity contribution in [3.05, 3.63) is 39.8 Å². The summed E-state index contributed by atoms with van der Waals surface area (Å²) in [6, 6.07) is 6.05. The number of hydrogen-bond acceptors (Lipinski definition) is 6. The van der Waals surface area contributed by atoms with Crippen molar-refractivity contribution in [2.75, 3.05) is 7.05 Å². The maximum atomic E-state index is 12.9. The summed E-state index contributed by atoms with van der Waals surface area (Å²) >= 11 is 3.06. The van der Waals surface area contributed by atoms with Crippen LogP contribution in [0.4, 0.5) is 0 Å². The molecule has 148 valence electrons. The van der Waals surface area contributed by atoms with E-state index < -0.39 is 0 Å². The Hall–Kier alpha value is -2.10. The Kier molecular flexibility index (Phi) is 5.07. The van der Waals surface area contributed by atoms with Gasteiger partial charge in [-0.05, 0) is 56.3 Å². The smallest absolute Gasteiger partial charge is 0.335 e. The Morgan fingerprint density at radius 3 is 2.86 bits per heavy atom. The van der Waals surface area contributed by atoms with Crippen molar-refractivity contribution < 1.29 is 4.79 Å². The van der Waals surface area contributed by atoms with E-state index in [-0.39, 0.29) is 17.1 Å². The molecular formula is C19H23N5O2S2. The highest BCUT2D eigenvalue weighted by molar-refractivity contribution is 7.97. The molecule has 1 saturated carbocycles. The summed E-state index contributed by atoms with van der Waals surface area (Å²) in [5.74, 6) is -0.00389. The quantitative estimate of drug-likeness (QED) is 0.578. The highest BCUT2D eigenvalue weighted by atomic mass is 32.2. The zero-order chi connectivity index (χ0) is 19.9. The number of carbonyl (C=O) groups excluding carboxylic acids is 1. The minimum absolute atomic E-state index is 0.00389. The van der Waals surface area contributed by atoms with Gasteiger partial charge in [-0.2, -0.15) is 0 Å². The second kappa shape index (κ2) is 7.38. The fourth-order valence-corrected chi connectivity index (χ4v) is 4.71. The number of nitrogens with zero attached hydrogens (tertiary/aromatic N) is 3. The fraction of sp³-hybridized carbons (Fsp3) is 0.421. The van der Waals surface area contributed by atoms with Gasteiger partial charge in [0.2, 0.25) is 5.91 Å². The van der Waals surface area contributed by atoms with Gasteiger partial charge in [-0.15, -0.1) is 11.3 Å². The third kappa shape index (κ3) is 3.74. The Balaban J connectivity index is 1.65. The number of hydrogen-bond donors (Lipinski definition) is 2. The molecule has 0 atom stereocenters. The number of carbonyl (C=O) groups is 1. The maximum absolute atomic E-state index is 12.9. The van der Waals surface area contributed by atoms with Crippen LogP contribution in [0.5, 0.6) is 0 Å². The Labute approximate surface area is 171 Å². The molecule has 2 heterocycles. The van der Waals surface area contributed by atoms with Crippen molar-refractivity contribution in [1.29, 1.82) is 0 Å². The lowest BCUT2D eigenvalue weighted by atomic mass is 10.3. The van der Waals surface area contributed by atoms with Crippen molar-refractivity contribution in [3.63, 3.8) is 0 Å². The first kappa shape index (κ1) is 19.2. The maximum Gasteiger partial charge on any atom is 0.335 e. The Bertz CT molecular complexity index is 1090. The van der Waals surface area contributed by atoms with Crippen LogP contribution >= 0.6 is 23.3 Å². The predicted molar refractivity (Wildman–Crippen MR) is 113 cm³/mol. The second-order valence-corrected chi connectivity index (χ2v) is 9.35. The fourth-order valence-electron chi connectivity index (χ4n) is 2.92. The first-order chi connectivity index (χ1) is 13.4. The highest BCUT2D eigenvalue weighted by Crippen LogP contribution is 2.38. The molecule has 1 amide bonds. The number of fused-ring (bicyclic) bond motifs is 1. The van der Waals surface area contributed by atoms with Crippen LogP contribution in [0.25, 0.3) is 16.2 Å². The minimum atomic E-state index is -0.119. The number of amides is 1. The monoisotopic (exact) mass is 417 g/mol. The van der Waals surface area contributed by atoms with Crippen LogP contribution in [-0.2, 0) is 18.3 Å². The number of benzene rings is 1. The second-order valence-electron chi connectivity index (χ2n) is 7.37. The van der Waals surface area contributed by atoms with Crippen molar-refractivity contribution in [1.82, 2.24) is 24.2 Å². The van der Waals surface area contributed by atoms with Crippen LogP contribution in [-0.4, -0.2) is 32.6 Å². The summed E-state index contributed by atoms with van der Waals surface area (Å²) in [6.45, 7) is 2.22. The van der Waals surface area contributed by atoms with Crippen LogP contribution in [0.2, 0.25) is 0 Å². The van der Waals surface area contributed by atoms with Crippen LogP contribution in [0, 0.1) is 0 Å². The SMILES string of the molecule is CNC(=O)CCc1cnc(-n2c(=O)n(C)c3ccc(SNC4(C)CC4)cc32)s1. The molecule has 0 unspecified atom stereocenters. The minimum Gasteiger partial charge on any atom is -0.359 e. The van der Waals surface area contributed by atoms with Crippen molar-refractivity contribution >= 4 is 40.2 Å².